The van der Waals surface area contributed by atoms with Gasteiger partial charge in [0.15, 0.2) is 0 Å². The van der Waals surface area contributed by atoms with E-state index in [2.05, 4.69) is 13.0 Å². The van der Waals surface area contributed by atoms with E-state index in [1.54, 1.807) is 14.0 Å². The first-order chi connectivity index (χ1) is 6.93. The van der Waals surface area contributed by atoms with E-state index in [1.807, 2.05) is 6.92 Å². The van der Waals surface area contributed by atoms with Crippen molar-refractivity contribution in [2.45, 2.75) is 52.1 Å². The Hall–Kier alpha value is -0.370. The van der Waals surface area contributed by atoms with E-state index in [0.717, 1.165) is 12.8 Å². The quantitative estimate of drug-likeness (QED) is 0.631. The summed E-state index contributed by atoms with van der Waals surface area (Å²) in [6, 6.07) is 0. The van der Waals surface area contributed by atoms with Crippen LogP contribution in [0.25, 0.3) is 0 Å². The van der Waals surface area contributed by atoms with Crippen LogP contribution in [-0.4, -0.2) is 19.4 Å². The zero-order valence-corrected chi connectivity index (χ0v) is 10.4. The van der Waals surface area contributed by atoms with Crippen molar-refractivity contribution < 1.29 is 9.13 Å². The summed E-state index contributed by atoms with van der Waals surface area (Å²) < 4.78 is 19.3. The Bertz CT molecular complexity index is 245. The van der Waals surface area contributed by atoms with Crippen molar-refractivity contribution in [3.8, 4) is 0 Å². The topological polar surface area (TPSA) is 9.23 Å². The lowest BCUT2D eigenvalue weighted by atomic mass is 9.78. The van der Waals surface area contributed by atoms with Crippen LogP contribution in [0, 0.1) is 5.41 Å². The summed E-state index contributed by atoms with van der Waals surface area (Å²) in [6.45, 7) is 6.38. The van der Waals surface area contributed by atoms with Crippen LogP contribution in [0.15, 0.2) is 11.6 Å². The second-order valence-electron chi connectivity index (χ2n) is 5.23. The molecule has 0 aromatic carbocycles. The molecule has 0 amide bonds. The second-order valence-corrected chi connectivity index (χ2v) is 5.23. The fourth-order valence-electron chi connectivity index (χ4n) is 2.56. The van der Waals surface area contributed by atoms with Gasteiger partial charge in [-0.15, -0.1) is 0 Å². The van der Waals surface area contributed by atoms with E-state index >= 15 is 0 Å². The lowest BCUT2D eigenvalue weighted by Gasteiger charge is -2.32. The van der Waals surface area contributed by atoms with E-state index in [1.165, 1.54) is 5.57 Å². The molecule has 0 radical (unpaired) electrons. The highest BCUT2D eigenvalue weighted by molar-refractivity contribution is 5.16. The van der Waals surface area contributed by atoms with Crippen LogP contribution in [0.1, 0.15) is 46.5 Å². The Morgan fingerprint density at radius 1 is 1.60 bits per heavy atom. The maximum absolute atomic E-state index is 14.1. The maximum Gasteiger partial charge on any atom is 0.109 e. The Kier molecular flexibility index (Phi) is 3.93. The van der Waals surface area contributed by atoms with Gasteiger partial charge in [-0.25, -0.2) is 4.39 Å². The molecule has 88 valence electrons. The molecule has 0 aromatic rings. The third-order valence-electron chi connectivity index (χ3n) is 3.46. The summed E-state index contributed by atoms with van der Waals surface area (Å²) in [4.78, 5) is 0. The van der Waals surface area contributed by atoms with Crippen molar-refractivity contribution in [2.75, 3.05) is 13.7 Å². The Morgan fingerprint density at radius 2 is 2.27 bits per heavy atom. The predicted molar refractivity (Wildman–Crippen MR) is 61.7 cm³/mol. The zero-order valence-electron chi connectivity index (χ0n) is 10.4. The highest BCUT2D eigenvalue weighted by Crippen LogP contribution is 2.44. The van der Waals surface area contributed by atoms with Crippen molar-refractivity contribution in [1.82, 2.24) is 0 Å². The number of allylic oxidation sites excluding steroid dienone is 1. The Balaban J connectivity index is 2.75. The normalized spacial score (nSPS) is 30.1. The van der Waals surface area contributed by atoms with Crippen LogP contribution in [0.5, 0.6) is 0 Å². The van der Waals surface area contributed by atoms with Gasteiger partial charge in [0.25, 0.3) is 0 Å². The molecule has 0 bridgehead atoms. The molecule has 0 saturated carbocycles. The Labute approximate surface area is 92.7 Å². The van der Waals surface area contributed by atoms with Crippen LogP contribution in [0.2, 0.25) is 0 Å². The number of ether oxygens (including phenoxy) is 1. The SMILES string of the molecule is CC[C@](C)(F)C[C@@]1(COC)C=C(C)CC1. The van der Waals surface area contributed by atoms with Gasteiger partial charge < -0.3 is 4.74 Å². The van der Waals surface area contributed by atoms with Crippen LogP contribution < -0.4 is 0 Å². The summed E-state index contributed by atoms with van der Waals surface area (Å²) >= 11 is 0. The fourth-order valence-corrected chi connectivity index (χ4v) is 2.56. The van der Waals surface area contributed by atoms with Gasteiger partial charge in [0, 0.05) is 12.5 Å². The molecule has 0 aromatic heterocycles. The molecule has 2 heteroatoms. The van der Waals surface area contributed by atoms with E-state index in [0.29, 0.717) is 19.4 Å². The fraction of sp³-hybridized carbons (Fsp3) is 0.846. The minimum Gasteiger partial charge on any atom is -0.384 e. The molecule has 0 aliphatic heterocycles. The van der Waals surface area contributed by atoms with Crippen molar-refractivity contribution in [3.63, 3.8) is 0 Å². The first-order valence-corrected chi connectivity index (χ1v) is 5.79. The molecule has 1 nitrogen and oxygen atoms in total. The van der Waals surface area contributed by atoms with Crippen LogP contribution in [0.3, 0.4) is 0 Å². The van der Waals surface area contributed by atoms with E-state index in [-0.39, 0.29) is 5.41 Å². The minimum absolute atomic E-state index is 0.0572. The average Bonchev–Trinajstić information content (AvgIpc) is 2.47. The molecule has 15 heavy (non-hydrogen) atoms. The highest BCUT2D eigenvalue weighted by atomic mass is 19.1. The first kappa shape index (κ1) is 12.7. The Morgan fingerprint density at radius 3 is 2.67 bits per heavy atom. The predicted octanol–water partition coefficient (Wildman–Crippen LogP) is 3.89. The van der Waals surface area contributed by atoms with E-state index in [4.69, 9.17) is 4.74 Å². The molecule has 0 unspecified atom stereocenters. The maximum atomic E-state index is 14.1. The van der Waals surface area contributed by atoms with Gasteiger partial charge in [0.2, 0.25) is 0 Å². The molecule has 0 N–H and O–H groups in total. The molecule has 2 atom stereocenters. The van der Waals surface area contributed by atoms with Crippen molar-refractivity contribution >= 4 is 0 Å². The lowest BCUT2D eigenvalue weighted by molar-refractivity contribution is 0.0479. The molecular formula is C13H23FO. The molecule has 1 aliphatic carbocycles. The lowest BCUT2D eigenvalue weighted by Crippen LogP contribution is -2.32. The zero-order chi connectivity index (χ0) is 11.5. The number of hydrogen-bond donors (Lipinski definition) is 0. The summed E-state index contributed by atoms with van der Waals surface area (Å²) in [5, 5.41) is 0. The van der Waals surface area contributed by atoms with Gasteiger partial charge in [-0.1, -0.05) is 18.6 Å². The number of hydrogen-bond acceptors (Lipinski definition) is 1. The second kappa shape index (κ2) is 4.65. The molecule has 0 saturated heterocycles. The smallest absolute Gasteiger partial charge is 0.109 e. The van der Waals surface area contributed by atoms with Gasteiger partial charge in [0.05, 0.1) is 6.61 Å². The summed E-state index contributed by atoms with van der Waals surface area (Å²) in [7, 11) is 1.70. The van der Waals surface area contributed by atoms with Crippen molar-refractivity contribution in [3.05, 3.63) is 11.6 Å². The monoisotopic (exact) mass is 214 g/mol. The van der Waals surface area contributed by atoms with Gasteiger partial charge in [-0.3, -0.25) is 0 Å². The van der Waals surface area contributed by atoms with Crippen LogP contribution in [0.4, 0.5) is 4.39 Å². The third-order valence-corrected chi connectivity index (χ3v) is 3.46. The van der Waals surface area contributed by atoms with Crippen LogP contribution in [-0.2, 0) is 4.74 Å². The average molecular weight is 214 g/mol. The number of rotatable bonds is 5. The van der Waals surface area contributed by atoms with E-state index < -0.39 is 5.67 Å². The summed E-state index contributed by atoms with van der Waals surface area (Å²) in [6.07, 6.45) is 5.51. The molecule has 0 spiro atoms. The molecule has 0 heterocycles. The van der Waals surface area contributed by atoms with Crippen molar-refractivity contribution in [2.24, 2.45) is 5.41 Å². The first-order valence-electron chi connectivity index (χ1n) is 5.79. The van der Waals surface area contributed by atoms with E-state index in [9.17, 15) is 4.39 Å². The standard InChI is InChI=1S/C13H23FO/c1-5-12(3,14)9-13(10-15-4)7-6-11(2)8-13/h8H,5-7,9-10H2,1-4H3/t12-,13-/m0/s1. The molecular weight excluding hydrogens is 191 g/mol. The molecule has 1 aliphatic rings. The molecule has 1 rings (SSSR count). The number of methoxy groups -OCH3 is 1. The number of alkyl halides is 1. The van der Waals surface area contributed by atoms with Gasteiger partial charge >= 0.3 is 0 Å². The third kappa shape index (κ3) is 3.30. The van der Waals surface area contributed by atoms with Gasteiger partial charge in [-0.2, -0.15) is 0 Å². The van der Waals surface area contributed by atoms with Gasteiger partial charge in [-0.05, 0) is 39.5 Å². The highest BCUT2D eigenvalue weighted by Gasteiger charge is 2.38. The van der Waals surface area contributed by atoms with Crippen LogP contribution >= 0.6 is 0 Å². The largest absolute Gasteiger partial charge is 0.384 e. The van der Waals surface area contributed by atoms with Crippen molar-refractivity contribution in [1.29, 1.82) is 0 Å². The minimum atomic E-state index is -1.07. The number of halogens is 1. The summed E-state index contributed by atoms with van der Waals surface area (Å²) in [5.74, 6) is 0. The summed E-state index contributed by atoms with van der Waals surface area (Å²) in [5.41, 5.74) is 0.247. The molecule has 0 fully saturated rings. The van der Waals surface area contributed by atoms with Gasteiger partial charge in [0.1, 0.15) is 5.67 Å².